The Kier molecular flexibility index (Phi) is 4.72. The molecule has 0 atom stereocenters. The summed E-state index contributed by atoms with van der Waals surface area (Å²) in [6.45, 7) is 4.23. The van der Waals surface area contributed by atoms with Gasteiger partial charge in [-0.3, -0.25) is 0 Å². The molecule has 0 bridgehead atoms. The van der Waals surface area contributed by atoms with Crippen molar-refractivity contribution in [2.45, 2.75) is 13.8 Å². The van der Waals surface area contributed by atoms with Gasteiger partial charge < -0.3 is 14.8 Å². The fourth-order valence-electron chi connectivity index (χ4n) is 2.76. The van der Waals surface area contributed by atoms with Crippen molar-refractivity contribution < 1.29 is 9.47 Å². The van der Waals surface area contributed by atoms with Gasteiger partial charge in [-0.1, -0.05) is 23.5 Å². The number of ether oxygens (including phenoxy) is 2. The Labute approximate surface area is 165 Å². The second-order valence-corrected chi connectivity index (χ2v) is 8.04. The first-order chi connectivity index (χ1) is 13.1. The second kappa shape index (κ2) is 7.17. The zero-order valence-corrected chi connectivity index (χ0v) is 17.1. The van der Waals surface area contributed by atoms with Gasteiger partial charge in [0.2, 0.25) is 0 Å². The Morgan fingerprint density at radius 3 is 2.41 bits per heavy atom. The number of nitrogens with zero attached hydrogens (tertiary/aromatic N) is 2. The zero-order valence-electron chi connectivity index (χ0n) is 15.5. The average Bonchev–Trinajstić information content (AvgIpc) is 3.29. The summed E-state index contributed by atoms with van der Waals surface area (Å²) in [6, 6.07) is 10.2. The predicted octanol–water partition coefficient (Wildman–Crippen LogP) is 5.80. The number of aryl methyl sites for hydroxylation is 2. The van der Waals surface area contributed by atoms with Crippen molar-refractivity contribution in [2.75, 3.05) is 19.5 Å². The van der Waals surface area contributed by atoms with Crippen LogP contribution in [0.2, 0.25) is 0 Å². The van der Waals surface area contributed by atoms with Gasteiger partial charge in [0.15, 0.2) is 21.8 Å². The third kappa shape index (κ3) is 3.48. The summed E-state index contributed by atoms with van der Waals surface area (Å²) in [6.07, 6.45) is 0. The third-order valence-electron chi connectivity index (χ3n) is 4.41. The highest BCUT2D eigenvalue weighted by Crippen LogP contribution is 2.37. The van der Waals surface area contributed by atoms with Crippen molar-refractivity contribution in [3.63, 3.8) is 0 Å². The van der Waals surface area contributed by atoms with Crippen LogP contribution < -0.4 is 14.8 Å². The first kappa shape index (κ1) is 17.8. The Morgan fingerprint density at radius 1 is 0.889 bits per heavy atom. The van der Waals surface area contributed by atoms with E-state index >= 15 is 0 Å². The molecule has 0 radical (unpaired) electrons. The minimum absolute atomic E-state index is 0.674. The van der Waals surface area contributed by atoms with E-state index in [1.165, 1.54) is 11.1 Å². The van der Waals surface area contributed by atoms with Crippen LogP contribution in [0.3, 0.4) is 0 Å². The minimum atomic E-state index is 0.674. The number of rotatable bonds is 5. The van der Waals surface area contributed by atoms with Gasteiger partial charge in [0.1, 0.15) is 0 Å². The molecule has 0 saturated carbocycles. The molecular formula is C20H19N3O2S2. The molecule has 0 aliphatic rings. The van der Waals surface area contributed by atoms with Crippen LogP contribution in [0.15, 0.2) is 35.7 Å². The monoisotopic (exact) mass is 397 g/mol. The molecular weight excluding hydrogens is 378 g/mol. The summed E-state index contributed by atoms with van der Waals surface area (Å²) in [5.74, 6) is 1.37. The number of fused-ring (bicyclic) bond motifs is 1. The van der Waals surface area contributed by atoms with Crippen LogP contribution in [0, 0.1) is 13.8 Å². The summed E-state index contributed by atoms with van der Waals surface area (Å²) in [5.41, 5.74) is 5.51. The highest BCUT2D eigenvalue weighted by molar-refractivity contribution is 7.22. The van der Waals surface area contributed by atoms with Gasteiger partial charge in [-0.15, -0.1) is 11.3 Å². The first-order valence-electron chi connectivity index (χ1n) is 8.40. The molecule has 0 aliphatic heterocycles. The molecule has 2 aromatic carbocycles. The van der Waals surface area contributed by atoms with Crippen LogP contribution >= 0.6 is 22.7 Å². The maximum atomic E-state index is 5.37. The largest absolute Gasteiger partial charge is 0.493 e. The molecule has 0 saturated heterocycles. The number of benzene rings is 2. The summed E-state index contributed by atoms with van der Waals surface area (Å²) in [4.78, 5) is 9.35. The number of thiazole rings is 2. The van der Waals surface area contributed by atoms with Crippen molar-refractivity contribution in [3.05, 3.63) is 46.8 Å². The fourth-order valence-corrected chi connectivity index (χ4v) is 4.42. The van der Waals surface area contributed by atoms with E-state index in [0.29, 0.717) is 11.5 Å². The summed E-state index contributed by atoms with van der Waals surface area (Å²) in [5, 5.41) is 6.99. The van der Waals surface area contributed by atoms with Gasteiger partial charge >= 0.3 is 0 Å². The fraction of sp³-hybridized carbons (Fsp3) is 0.200. The average molecular weight is 398 g/mol. The molecule has 4 aromatic rings. The van der Waals surface area contributed by atoms with Gasteiger partial charge in [0.05, 0.1) is 30.1 Å². The molecule has 0 aliphatic carbocycles. The van der Waals surface area contributed by atoms with E-state index in [4.69, 9.17) is 14.5 Å². The number of methoxy groups -OCH3 is 2. The minimum Gasteiger partial charge on any atom is -0.493 e. The topological polar surface area (TPSA) is 56.3 Å². The molecule has 0 amide bonds. The molecule has 0 spiro atoms. The third-order valence-corrected chi connectivity index (χ3v) is 6.11. The van der Waals surface area contributed by atoms with Crippen LogP contribution in [0.5, 0.6) is 11.5 Å². The van der Waals surface area contributed by atoms with E-state index < -0.39 is 0 Å². The summed E-state index contributed by atoms with van der Waals surface area (Å²) >= 11 is 3.13. The van der Waals surface area contributed by atoms with E-state index in [9.17, 15) is 0 Å². The van der Waals surface area contributed by atoms with E-state index in [-0.39, 0.29) is 0 Å². The standard InChI is InChI=1S/C20H19N3O2S2/c1-11-5-6-13(7-12(11)2)15-10-26-19(22-15)23-20-21-14-8-16(24-3)17(25-4)9-18(14)27-20/h5-10H,1-4H3,(H,21,22,23). The lowest BCUT2D eigenvalue weighted by atomic mass is 10.1. The van der Waals surface area contributed by atoms with Gasteiger partial charge in [0.25, 0.3) is 0 Å². The van der Waals surface area contributed by atoms with Crippen LogP contribution in [-0.4, -0.2) is 24.2 Å². The maximum absolute atomic E-state index is 5.37. The number of hydrogen-bond donors (Lipinski definition) is 1. The van der Waals surface area contributed by atoms with Crippen molar-refractivity contribution in [1.29, 1.82) is 0 Å². The number of nitrogens with one attached hydrogen (secondary N) is 1. The van der Waals surface area contributed by atoms with Crippen molar-refractivity contribution >= 4 is 43.2 Å². The molecule has 2 heterocycles. The van der Waals surface area contributed by atoms with Crippen LogP contribution in [0.1, 0.15) is 11.1 Å². The lowest BCUT2D eigenvalue weighted by Crippen LogP contribution is -1.90. The number of anilines is 2. The predicted molar refractivity (Wildman–Crippen MR) is 113 cm³/mol. The van der Waals surface area contributed by atoms with Gasteiger partial charge in [-0.25, -0.2) is 9.97 Å². The normalized spacial score (nSPS) is 11.0. The molecule has 4 rings (SSSR count). The highest BCUT2D eigenvalue weighted by Gasteiger charge is 2.12. The molecule has 138 valence electrons. The van der Waals surface area contributed by atoms with E-state index in [2.05, 4.69) is 47.7 Å². The Balaban J connectivity index is 1.61. The van der Waals surface area contributed by atoms with E-state index in [1.54, 1.807) is 36.9 Å². The highest BCUT2D eigenvalue weighted by atomic mass is 32.1. The SMILES string of the molecule is COc1cc2nc(Nc3nc(-c4ccc(C)c(C)c4)cs3)sc2cc1OC. The van der Waals surface area contributed by atoms with E-state index in [0.717, 1.165) is 31.7 Å². The van der Waals surface area contributed by atoms with Gasteiger partial charge in [-0.05, 0) is 31.0 Å². The Hall–Kier alpha value is -2.64. The summed E-state index contributed by atoms with van der Waals surface area (Å²) < 4.78 is 11.7. The van der Waals surface area contributed by atoms with Crippen LogP contribution in [0.25, 0.3) is 21.5 Å². The quantitative estimate of drug-likeness (QED) is 0.461. The molecule has 1 N–H and O–H groups in total. The lowest BCUT2D eigenvalue weighted by Gasteiger charge is -2.05. The lowest BCUT2D eigenvalue weighted by molar-refractivity contribution is 0.356. The Morgan fingerprint density at radius 2 is 1.67 bits per heavy atom. The number of aromatic nitrogens is 2. The van der Waals surface area contributed by atoms with Crippen molar-refractivity contribution in [1.82, 2.24) is 9.97 Å². The Bertz CT molecular complexity index is 1080. The molecule has 0 unspecified atom stereocenters. The van der Waals surface area contributed by atoms with Gasteiger partial charge in [-0.2, -0.15) is 0 Å². The zero-order chi connectivity index (χ0) is 19.0. The molecule has 2 aromatic heterocycles. The first-order valence-corrected chi connectivity index (χ1v) is 10.1. The van der Waals surface area contributed by atoms with E-state index in [1.807, 2.05) is 12.1 Å². The molecule has 27 heavy (non-hydrogen) atoms. The van der Waals surface area contributed by atoms with Crippen LogP contribution in [-0.2, 0) is 0 Å². The molecule has 7 heteroatoms. The molecule has 0 fully saturated rings. The maximum Gasteiger partial charge on any atom is 0.190 e. The van der Waals surface area contributed by atoms with Crippen LogP contribution in [0.4, 0.5) is 10.3 Å². The number of hydrogen-bond acceptors (Lipinski definition) is 7. The van der Waals surface area contributed by atoms with Crippen molar-refractivity contribution in [2.24, 2.45) is 0 Å². The summed E-state index contributed by atoms with van der Waals surface area (Å²) in [7, 11) is 3.26. The van der Waals surface area contributed by atoms with Crippen molar-refractivity contribution in [3.8, 4) is 22.8 Å². The van der Waals surface area contributed by atoms with Gasteiger partial charge in [0, 0.05) is 23.1 Å². The smallest absolute Gasteiger partial charge is 0.190 e. The second-order valence-electron chi connectivity index (χ2n) is 6.16. The molecule has 5 nitrogen and oxygen atoms in total.